The Hall–Kier alpha value is -1.00. The minimum absolute atomic E-state index is 0.0270. The number of carbonyl (C=O) groups excluding carboxylic acids is 1. The molecule has 8 nitrogen and oxygen atoms in total. The number of hydrogen-bond acceptors (Lipinski definition) is 7. The summed E-state index contributed by atoms with van der Waals surface area (Å²) in [5.74, 6) is -0.193. The normalized spacial score (nSPS) is 12.4. The van der Waals surface area contributed by atoms with Crippen molar-refractivity contribution in [2.45, 2.75) is 13.3 Å². The lowest BCUT2D eigenvalue weighted by Crippen LogP contribution is -2.27. The molecule has 0 aromatic rings. The van der Waals surface area contributed by atoms with Crippen LogP contribution in [0.4, 0.5) is 0 Å². The average molecular weight is 381 g/mol. The molecule has 0 saturated heterocycles. The Morgan fingerprint density at radius 2 is 1.48 bits per heavy atom. The van der Waals surface area contributed by atoms with Crippen LogP contribution in [-0.2, 0) is 33.6 Å². The molecule has 0 aromatic heterocycles. The van der Waals surface area contributed by atoms with Crippen molar-refractivity contribution in [3.8, 4) is 0 Å². The summed E-state index contributed by atoms with van der Waals surface area (Å²) in [6.07, 6.45) is 2.95. The van der Waals surface area contributed by atoms with Crippen molar-refractivity contribution in [3.05, 3.63) is 11.6 Å². The van der Waals surface area contributed by atoms with Gasteiger partial charge in [0.1, 0.15) is 0 Å². The molecule has 0 spiro atoms. The third-order valence-corrected chi connectivity index (χ3v) is 3.85. The Bertz CT molecular complexity index is 477. The summed E-state index contributed by atoms with van der Waals surface area (Å²) in [6.45, 7) is 5.55. The number of carbonyl (C=O) groups is 1. The van der Waals surface area contributed by atoms with Gasteiger partial charge in [0, 0.05) is 26.3 Å². The number of methoxy groups -OCH3 is 1. The van der Waals surface area contributed by atoms with Gasteiger partial charge in [-0.15, -0.1) is 0 Å². The first kappa shape index (κ1) is 24.0. The highest BCUT2D eigenvalue weighted by Crippen LogP contribution is 1.99. The van der Waals surface area contributed by atoms with Crippen molar-refractivity contribution in [2.75, 3.05) is 71.9 Å². The van der Waals surface area contributed by atoms with E-state index in [0.717, 1.165) is 0 Å². The molecule has 0 aliphatic carbocycles. The summed E-state index contributed by atoms with van der Waals surface area (Å²) in [7, 11) is -1.44. The molecule has 9 heteroatoms. The fourth-order valence-corrected chi connectivity index (χ4v) is 2.70. The molecule has 148 valence electrons. The second kappa shape index (κ2) is 15.3. The Balaban J connectivity index is 3.45. The third-order valence-electron chi connectivity index (χ3n) is 2.87. The highest BCUT2D eigenvalue weighted by Gasteiger charge is 2.04. The van der Waals surface area contributed by atoms with Crippen LogP contribution in [0.3, 0.4) is 0 Å². The monoisotopic (exact) mass is 381 g/mol. The van der Waals surface area contributed by atoms with E-state index in [9.17, 15) is 13.2 Å². The van der Waals surface area contributed by atoms with Gasteiger partial charge in [0.2, 0.25) is 5.91 Å². The average Bonchev–Trinajstić information content (AvgIpc) is 2.52. The van der Waals surface area contributed by atoms with Crippen LogP contribution >= 0.6 is 0 Å². The van der Waals surface area contributed by atoms with Crippen LogP contribution in [0.2, 0.25) is 0 Å². The van der Waals surface area contributed by atoms with Gasteiger partial charge < -0.3 is 24.3 Å². The lowest BCUT2D eigenvalue weighted by molar-refractivity contribution is -0.120. The molecule has 0 radical (unpaired) electrons. The van der Waals surface area contributed by atoms with Crippen LogP contribution in [0, 0.1) is 0 Å². The SMILES string of the molecule is COCCOCCOCCOCCNC(=O)C/C=C(/C)CS(C)(=O)=O. The number of hydrogen-bond donors (Lipinski definition) is 1. The molecule has 0 saturated carbocycles. The standard InChI is InChI=1S/C16H31NO7S/c1-15(14-25(3,19)20)4-5-16(18)17-6-7-22-10-11-24-13-12-23-9-8-21-2/h4H,5-14H2,1-3H3,(H,17,18)/b15-4-. The van der Waals surface area contributed by atoms with E-state index in [4.69, 9.17) is 18.9 Å². The van der Waals surface area contributed by atoms with E-state index in [0.29, 0.717) is 58.4 Å². The second-order valence-corrected chi connectivity index (χ2v) is 7.64. The van der Waals surface area contributed by atoms with Gasteiger partial charge in [-0.2, -0.15) is 0 Å². The Morgan fingerprint density at radius 1 is 0.960 bits per heavy atom. The van der Waals surface area contributed by atoms with Crippen molar-refractivity contribution in [3.63, 3.8) is 0 Å². The van der Waals surface area contributed by atoms with Gasteiger partial charge in [-0.25, -0.2) is 8.42 Å². The van der Waals surface area contributed by atoms with Gasteiger partial charge in [0.25, 0.3) is 0 Å². The molecule has 0 heterocycles. The summed E-state index contributed by atoms with van der Waals surface area (Å²) < 4.78 is 42.9. The van der Waals surface area contributed by atoms with E-state index in [-0.39, 0.29) is 18.1 Å². The lowest BCUT2D eigenvalue weighted by atomic mass is 10.2. The van der Waals surface area contributed by atoms with Crippen LogP contribution in [0.5, 0.6) is 0 Å². The van der Waals surface area contributed by atoms with Crippen molar-refractivity contribution in [1.29, 1.82) is 0 Å². The summed E-state index contributed by atoms with van der Waals surface area (Å²) in [4.78, 5) is 11.6. The predicted molar refractivity (Wildman–Crippen MR) is 95.4 cm³/mol. The van der Waals surface area contributed by atoms with E-state index in [1.165, 1.54) is 6.26 Å². The maximum atomic E-state index is 11.6. The zero-order valence-corrected chi connectivity index (χ0v) is 16.2. The van der Waals surface area contributed by atoms with Gasteiger partial charge >= 0.3 is 0 Å². The third kappa shape index (κ3) is 19.2. The maximum Gasteiger partial charge on any atom is 0.223 e. The summed E-state index contributed by atoms with van der Waals surface area (Å²) >= 11 is 0. The van der Waals surface area contributed by atoms with Crippen molar-refractivity contribution >= 4 is 15.7 Å². The molecule has 0 unspecified atom stereocenters. The Labute approximate surface area is 150 Å². The van der Waals surface area contributed by atoms with E-state index < -0.39 is 9.84 Å². The largest absolute Gasteiger partial charge is 0.382 e. The Morgan fingerprint density at radius 3 is 2.00 bits per heavy atom. The first-order valence-electron chi connectivity index (χ1n) is 8.17. The van der Waals surface area contributed by atoms with E-state index >= 15 is 0 Å². The fourth-order valence-electron chi connectivity index (χ4n) is 1.76. The van der Waals surface area contributed by atoms with Gasteiger partial charge in [-0.05, 0) is 6.92 Å². The molecule has 0 rings (SSSR count). The molecule has 0 fully saturated rings. The Kier molecular flexibility index (Phi) is 14.7. The zero-order valence-electron chi connectivity index (χ0n) is 15.4. The molecule has 0 aliphatic rings. The summed E-state index contributed by atoms with van der Waals surface area (Å²) in [5.41, 5.74) is 0.664. The highest BCUT2D eigenvalue weighted by atomic mass is 32.2. The van der Waals surface area contributed by atoms with E-state index in [1.54, 1.807) is 20.1 Å². The quantitative estimate of drug-likeness (QED) is 0.301. The molecule has 0 bridgehead atoms. The maximum absolute atomic E-state index is 11.6. The molecular formula is C16H31NO7S. The van der Waals surface area contributed by atoms with Crippen molar-refractivity contribution in [2.24, 2.45) is 0 Å². The van der Waals surface area contributed by atoms with Crippen LogP contribution in [0.15, 0.2) is 11.6 Å². The number of sulfone groups is 1. The highest BCUT2D eigenvalue weighted by molar-refractivity contribution is 7.90. The molecule has 0 aliphatic heterocycles. The number of nitrogens with one attached hydrogen (secondary N) is 1. The fraction of sp³-hybridized carbons (Fsp3) is 0.812. The van der Waals surface area contributed by atoms with Gasteiger partial charge in [-0.3, -0.25) is 4.79 Å². The molecular weight excluding hydrogens is 350 g/mol. The topological polar surface area (TPSA) is 100 Å². The number of ether oxygens (including phenoxy) is 4. The van der Waals surface area contributed by atoms with Crippen molar-refractivity contribution < 1.29 is 32.2 Å². The van der Waals surface area contributed by atoms with Gasteiger partial charge in [0.05, 0.1) is 52.0 Å². The van der Waals surface area contributed by atoms with Crippen LogP contribution in [0.1, 0.15) is 13.3 Å². The molecule has 0 atom stereocenters. The lowest BCUT2D eigenvalue weighted by Gasteiger charge is -2.07. The first-order valence-corrected chi connectivity index (χ1v) is 10.2. The minimum Gasteiger partial charge on any atom is -0.382 e. The van der Waals surface area contributed by atoms with E-state index in [2.05, 4.69) is 5.32 Å². The van der Waals surface area contributed by atoms with E-state index in [1.807, 2.05) is 0 Å². The first-order chi connectivity index (χ1) is 11.8. The molecule has 0 aromatic carbocycles. The predicted octanol–water partition coefficient (Wildman–Crippen LogP) is 0.180. The van der Waals surface area contributed by atoms with Gasteiger partial charge in [-0.1, -0.05) is 11.6 Å². The molecule has 25 heavy (non-hydrogen) atoms. The number of rotatable bonds is 16. The minimum atomic E-state index is -3.06. The van der Waals surface area contributed by atoms with Gasteiger partial charge in [0.15, 0.2) is 9.84 Å². The van der Waals surface area contributed by atoms with Crippen LogP contribution in [-0.4, -0.2) is 86.2 Å². The van der Waals surface area contributed by atoms with Crippen LogP contribution in [0.25, 0.3) is 0 Å². The zero-order chi connectivity index (χ0) is 19.0. The molecule has 1 N–H and O–H groups in total. The summed E-state index contributed by atoms with van der Waals surface area (Å²) in [6, 6.07) is 0. The van der Waals surface area contributed by atoms with Crippen molar-refractivity contribution in [1.82, 2.24) is 5.32 Å². The molecule has 1 amide bonds. The smallest absolute Gasteiger partial charge is 0.223 e. The summed E-state index contributed by atoms with van der Waals surface area (Å²) in [5, 5.41) is 2.70. The second-order valence-electron chi connectivity index (χ2n) is 5.50. The number of amides is 1. The van der Waals surface area contributed by atoms with Crippen LogP contribution < -0.4 is 5.32 Å².